The topological polar surface area (TPSA) is 64.7 Å². The number of piperazine rings is 1. The molecule has 1 aliphatic rings. The summed E-state index contributed by atoms with van der Waals surface area (Å²) < 4.78 is 0. The zero-order valence-corrected chi connectivity index (χ0v) is 16.6. The fraction of sp³-hybridized carbons (Fsp3) is 0.400. The average Bonchev–Trinajstić information content (AvgIpc) is 3.23. The largest absolute Gasteiger partial charge is 0.369 e. The Morgan fingerprint density at radius 3 is 2.41 bits per heavy atom. The van der Waals surface area contributed by atoms with Crippen molar-refractivity contribution < 1.29 is 9.59 Å². The lowest BCUT2D eigenvalue weighted by Crippen LogP contribution is -2.46. The van der Waals surface area contributed by atoms with Crippen molar-refractivity contribution in [1.82, 2.24) is 10.2 Å². The highest BCUT2D eigenvalue weighted by molar-refractivity contribution is 7.12. The Balaban J connectivity index is 1.51. The van der Waals surface area contributed by atoms with E-state index in [1.54, 1.807) is 13.0 Å². The lowest BCUT2D eigenvalue weighted by atomic mass is 10.2. The van der Waals surface area contributed by atoms with Crippen LogP contribution in [0.5, 0.6) is 0 Å². The van der Waals surface area contributed by atoms with Gasteiger partial charge in [-0.1, -0.05) is 13.0 Å². The molecule has 0 bridgehead atoms. The standard InChI is InChI=1S/C20H26N4O2S/c1-3-23-10-12-24(13-11-23)17-8-6-16(7-9-17)22-19(25)15(2)21-20(26)18-5-4-14-27-18/h4-9,14-15H,3,10-13H2,1-2H3,(H,21,26)(H,22,25)/t15-/m0/s1. The number of nitrogens with zero attached hydrogens (tertiary/aromatic N) is 2. The number of thiophene rings is 1. The molecule has 0 unspecified atom stereocenters. The molecule has 0 spiro atoms. The Kier molecular flexibility index (Phi) is 6.47. The molecule has 144 valence electrons. The van der Waals surface area contributed by atoms with Crippen LogP contribution in [0.1, 0.15) is 23.5 Å². The first-order valence-corrected chi connectivity index (χ1v) is 10.2. The van der Waals surface area contributed by atoms with E-state index >= 15 is 0 Å². The van der Waals surface area contributed by atoms with Crippen LogP contribution in [0.4, 0.5) is 11.4 Å². The number of likely N-dealkylation sites (N-methyl/N-ethyl adjacent to an activating group) is 1. The normalized spacial score (nSPS) is 16.0. The number of benzene rings is 1. The molecule has 1 aromatic heterocycles. The van der Waals surface area contributed by atoms with Gasteiger partial charge in [0.25, 0.3) is 5.91 Å². The van der Waals surface area contributed by atoms with E-state index in [9.17, 15) is 9.59 Å². The highest BCUT2D eigenvalue weighted by Crippen LogP contribution is 2.19. The van der Waals surface area contributed by atoms with E-state index in [4.69, 9.17) is 0 Å². The summed E-state index contributed by atoms with van der Waals surface area (Å²) in [6.45, 7) is 9.17. The molecule has 0 aliphatic carbocycles. The summed E-state index contributed by atoms with van der Waals surface area (Å²) in [5.74, 6) is -0.460. The molecule has 2 aromatic rings. The second-order valence-electron chi connectivity index (χ2n) is 6.63. The van der Waals surface area contributed by atoms with Crippen LogP contribution < -0.4 is 15.5 Å². The van der Waals surface area contributed by atoms with Crippen molar-refractivity contribution in [3.8, 4) is 0 Å². The third kappa shape index (κ3) is 5.08. The summed E-state index contributed by atoms with van der Waals surface area (Å²) in [4.78, 5) is 29.8. The number of amides is 2. The first-order chi connectivity index (χ1) is 13.1. The quantitative estimate of drug-likeness (QED) is 0.801. The Labute approximate surface area is 164 Å². The number of carbonyl (C=O) groups excluding carboxylic acids is 2. The minimum Gasteiger partial charge on any atom is -0.369 e. The van der Waals surface area contributed by atoms with Gasteiger partial charge < -0.3 is 20.4 Å². The highest BCUT2D eigenvalue weighted by Gasteiger charge is 2.18. The predicted octanol–water partition coefficient (Wildman–Crippen LogP) is 2.65. The summed E-state index contributed by atoms with van der Waals surface area (Å²) in [6, 6.07) is 10.8. The van der Waals surface area contributed by atoms with Crippen LogP contribution >= 0.6 is 11.3 Å². The van der Waals surface area contributed by atoms with Crippen molar-refractivity contribution in [2.45, 2.75) is 19.9 Å². The van der Waals surface area contributed by atoms with Gasteiger partial charge in [0, 0.05) is 37.6 Å². The molecule has 0 saturated carbocycles. The number of hydrogen-bond acceptors (Lipinski definition) is 5. The van der Waals surface area contributed by atoms with Crippen molar-refractivity contribution >= 4 is 34.5 Å². The van der Waals surface area contributed by atoms with Crippen molar-refractivity contribution in [3.05, 3.63) is 46.7 Å². The first-order valence-electron chi connectivity index (χ1n) is 9.29. The van der Waals surface area contributed by atoms with E-state index in [1.165, 1.54) is 17.0 Å². The molecule has 2 N–H and O–H groups in total. The maximum absolute atomic E-state index is 12.3. The van der Waals surface area contributed by atoms with Crippen LogP contribution in [-0.2, 0) is 4.79 Å². The maximum Gasteiger partial charge on any atom is 0.261 e. The van der Waals surface area contributed by atoms with E-state index in [2.05, 4.69) is 27.4 Å². The van der Waals surface area contributed by atoms with Gasteiger partial charge >= 0.3 is 0 Å². The summed E-state index contributed by atoms with van der Waals surface area (Å²) >= 11 is 1.35. The fourth-order valence-corrected chi connectivity index (χ4v) is 3.70. The second kappa shape index (κ2) is 9.01. The maximum atomic E-state index is 12.3. The van der Waals surface area contributed by atoms with Gasteiger partial charge in [-0.2, -0.15) is 0 Å². The summed E-state index contributed by atoms with van der Waals surface area (Å²) in [6.07, 6.45) is 0. The molecule has 3 rings (SSSR count). The molecular weight excluding hydrogens is 360 g/mol. The molecule has 1 aromatic carbocycles. The number of anilines is 2. The van der Waals surface area contributed by atoms with Crippen LogP contribution in [0, 0.1) is 0 Å². The van der Waals surface area contributed by atoms with Gasteiger partial charge in [0.15, 0.2) is 0 Å². The number of nitrogens with one attached hydrogen (secondary N) is 2. The second-order valence-corrected chi connectivity index (χ2v) is 7.58. The first kappa shape index (κ1) is 19.4. The Morgan fingerprint density at radius 1 is 1.11 bits per heavy atom. The average molecular weight is 387 g/mol. The number of rotatable bonds is 6. The summed E-state index contributed by atoms with van der Waals surface area (Å²) in [7, 11) is 0. The molecular formula is C20H26N4O2S. The smallest absolute Gasteiger partial charge is 0.261 e. The van der Waals surface area contributed by atoms with E-state index < -0.39 is 6.04 Å². The van der Waals surface area contributed by atoms with E-state index in [0.29, 0.717) is 4.88 Å². The molecule has 1 aliphatic heterocycles. The molecule has 7 heteroatoms. The zero-order valence-electron chi connectivity index (χ0n) is 15.8. The van der Waals surface area contributed by atoms with Crippen LogP contribution in [0.3, 0.4) is 0 Å². The zero-order chi connectivity index (χ0) is 19.2. The molecule has 6 nitrogen and oxygen atoms in total. The van der Waals surface area contributed by atoms with Crippen LogP contribution in [0.25, 0.3) is 0 Å². The molecule has 0 radical (unpaired) electrons. The van der Waals surface area contributed by atoms with Crippen LogP contribution in [-0.4, -0.2) is 55.5 Å². The third-order valence-corrected chi connectivity index (χ3v) is 5.67. The van der Waals surface area contributed by atoms with Gasteiger partial charge in [-0.25, -0.2) is 0 Å². The van der Waals surface area contributed by atoms with Gasteiger partial charge in [-0.05, 0) is 49.2 Å². The Morgan fingerprint density at radius 2 is 1.81 bits per heavy atom. The molecule has 2 amide bonds. The Bertz CT molecular complexity index is 753. The Hall–Kier alpha value is -2.38. The van der Waals surface area contributed by atoms with Gasteiger partial charge in [0.05, 0.1) is 4.88 Å². The highest BCUT2D eigenvalue weighted by atomic mass is 32.1. The van der Waals surface area contributed by atoms with Crippen molar-refractivity contribution in [3.63, 3.8) is 0 Å². The van der Waals surface area contributed by atoms with E-state index in [-0.39, 0.29) is 11.8 Å². The van der Waals surface area contributed by atoms with Gasteiger partial charge in [0.2, 0.25) is 5.91 Å². The van der Waals surface area contributed by atoms with Crippen LogP contribution in [0.15, 0.2) is 41.8 Å². The van der Waals surface area contributed by atoms with E-state index in [0.717, 1.165) is 38.4 Å². The lowest BCUT2D eigenvalue weighted by molar-refractivity contribution is -0.117. The third-order valence-electron chi connectivity index (χ3n) is 4.81. The molecule has 2 heterocycles. The molecule has 1 atom stereocenters. The van der Waals surface area contributed by atoms with Gasteiger partial charge in [-0.3, -0.25) is 9.59 Å². The minimum atomic E-state index is -0.610. The van der Waals surface area contributed by atoms with Crippen molar-refractivity contribution in [2.24, 2.45) is 0 Å². The van der Waals surface area contributed by atoms with Crippen molar-refractivity contribution in [1.29, 1.82) is 0 Å². The molecule has 1 fully saturated rings. The minimum absolute atomic E-state index is 0.228. The van der Waals surface area contributed by atoms with Crippen molar-refractivity contribution in [2.75, 3.05) is 42.9 Å². The van der Waals surface area contributed by atoms with Gasteiger partial charge in [0.1, 0.15) is 6.04 Å². The predicted molar refractivity (Wildman–Crippen MR) is 111 cm³/mol. The SMILES string of the molecule is CCN1CCN(c2ccc(NC(=O)[C@H](C)NC(=O)c3cccs3)cc2)CC1. The number of hydrogen-bond donors (Lipinski definition) is 2. The monoisotopic (exact) mass is 386 g/mol. The summed E-state index contributed by atoms with van der Waals surface area (Å²) in [5.41, 5.74) is 1.90. The van der Waals surface area contributed by atoms with Crippen LogP contribution in [0.2, 0.25) is 0 Å². The van der Waals surface area contributed by atoms with Gasteiger partial charge in [-0.15, -0.1) is 11.3 Å². The molecule has 1 saturated heterocycles. The van der Waals surface area contributed by atoms with E-state index in [1.807, 2.05) is 35.7 Å². The summed E-state index contributed by atoms with van der Waals surface area (Å²) in [5, 5.41) is 7.42. The fourth-order valence-electron chi connectivity index (χ4n) is 3.07. The molecule has 27 heavy (non-hydrogen) atoms. The lowest BCUT2D eigenvalue weighted by Gasteiger charge is -2.35. The number of carbonyl (C=O) groups is 2.